The molecule has 2 heterocycles. The number of rotatable bonds is 7. The zero-order valence-electron chi connectivity index (χ0n) is 14.3. The molecular formula is C18H16ClN3O2S3. The molecule has 2 amide bonds. The standard InChI is InChI=1S/C18H16ClN3O2S3/c1-11(23)20-8-14-6-7-16(27-14)15-9-26-18(21-15)22-17(24)10-25-13-4-2-12(19)3-5-13/h2-7,9H,8,10H2,1H3,(H,20,23)(H,21,22,24). The van der Waals surface area contributed by atoms with Gasteiger partial charge in [-0.05, 0) is 36.4 Å². The van der Waals surface area contributed by atoms with E-state index in [2.05, 4.69) is 15.6 Å². The van der Waals surface area contributed by atoms with Crippen LogP contribution in [0.1, 0.15) is 11.8 Å². The zero-order chi connectivity index (χ0) is 19.2. The number of nitrogens with zero attached hydrogens (tertiary/aromatic N) is 1. The van der Waals surface area contributed by atoms with Crippen LogP contribution >= 0.6 is 46.0 Å². The number of amides is 2. The van der Waals surface area contributed by atoms with Crippen molar-refractivity contribution in [2.24, 2.45) is 0 Å². The Morgan fingerprint density at radius 3 is 2.70 bits per heavy atom. The van der Waals surface area contributed by atoms with Crippen molar-refractivity contribution in [3.05, 3.63) is 51.7 Å². The lowest BCUT2D eigenvalue weighted by Gasteiger charge is -2.02. The van der Waals surface area contributed by atoms with Crippen molar-refractivity contribution in [2.45, 2.75) is 18.4 Å². The van der Waals surface area contributed by atoms with Gasteiger partial charge in [-0.2, -0.15) is 0 Å². The van der Waals surface area contributed by atoms with E-state index in [9.17, 15) is 9.59 Å². The van der Waals surface area contributed by atoms with Crippen LogP contribution in [-0.4, -0.2) is 22.6 Å². The van der Waals surface area contributed by atoms with Gasteiger partial charge in [-0.15, -0.1) is 34.4 Å². The van der Waals surface area contributed by atoms with E-state index in [1.807, 2.05) is 29.6 Å². The Morgan fingerprint density at radius 1 is 1.19 bits per heavy atom. The van der Waals surface area contributed by atoms with Gasteiger partial charge in [0.2, 0.25) is 11.8 Å². The number of halogens is 1. The molecular weight excluding hydrogens is 422 g/mol. The van der Waals surface area contributed by atoms with E-state index < -0.39 is 0 Å². The van der Waals surface area contributed by atoms with E-state index in [1.54, 1.807) is 23.5 Å². The van der Waals surface area contributed by atoms with Gasteiger partial charge in [0.05, 0.1) is 22.9 Å². The van der Waals surface area contributed by atoms with Crippen LogP contribution in [0.5, 0.6) is 0 Å². The molecule has 0 aliphatic carbocycles. The van der Waals surface area contributed by atoms with Crippen molar-refractivity contribution in [2.75, 3.05) is 11.1 Å². The molecule has 0 bridgehead atoms. The average Bonchev–Trinajstić information content (AvgIpc) is 3.28. The number of carbonyl (C=O) groups is 2. The summed E-state index contributed by atoms with van der Waals surface area (Å²) in [5.41, 5.74) is 0.819. The number of hydrogen-bond acceptors (Lipinski definition) is 6. The van der Waals surface area contributed by atoms with Gasteiger partial charge in [-0.1, -0.05) is 11.6 Å². The first-order chi connectivity index (χ1) is 13.0. The average molecular weight is 438 g/mol. The molecule has 0 atom stereocenters. The van der Waals surface area contributed by atoms with E-state index >= 15 is 0 Å². The number of carbonyl (C=O) groups excluding carboxylic acids is 2. The Labute approximate surface area is 174 Å². The Balaban J connectivity index is 1.53. The van der Waals surface area contributed by atoms with Gasteiger partial charge >= 0.3 is 0 Å². The highest BCUT2D eigenvalue weighted by atomic mass is 35.5. The molecule has 0 saturated heterocycles. The Hall–Kier alpha value is -1.87. The van der Waals surface area contributed by atoms with Gasteiger partial charge in [0.1, 0.15) is 0 Å². The molecule has 140 valence electrons. The van der Waals surface area contributed by atoms with Gasteiger partial charge in [0.25, 0.3) is 0 Å². The van der Waals surface area contributed by atoms with Gasteiger partial charge in [-0.3, -0.25) is 9.59 Å². The summed E-state index contributed by atoms with van der Waals surface area (Å²) >= 11 is 10.3. The maximum absolute atomic E-state index is 12.1. The van der Waals surface area contributed by atoms with E-state index in [4.69, 9.17) is 11.6 Å². The van der Waals surface area contributed by atoms with Crippen molar-refractivity contribution in [3.8, 4) is 10.6 Å². The monoisotopic (exact) mass is 437 g/mol. The maximum atomic E-state index is 12.1. The van der Waals surface area contributed by atoms with Crippen molar-refractivity contribution < 1.29 is 9.59 Å². The van der Waals surface area contributed by atoms with E-state index in [1.165, 1.54) is 30.0 Å². The molecule has 0 fully saturated rings. The first-order valence-corrected chi connectivity index (χ1v) is 11.0. The molecule has 0 saturated carbocycles. The summed E-state index contributed by atoms with van der Waals surface area (Å²) in [6, 6.07) is 11.3. The molecule has 1 aromatic carbocycles. The van der Waals surface area contributed by atoms with Gasteiger partial charge < -0.3 is 10.6 Å². The Bertz CT molecular complexity index is 937. The van der Waals surface area contributed by atoms with Crippen molar-refractivity contribution >= 4 is 63.0 Å². The third kappa shape index (κ3) is 6.07. The minimum absolute atomic E-state index is 0.0555. The molecule has 3 rings (SSSR count). The molecule has 2 aromatic heterocycles. The number of aromatic nitrogens is 1. The van der Waals surface area contributed by atoms with Crippen LogP contribution in [0.2, 0.25) is 5.02 Å². The fourth-order valence-electron chi connectivity index (χ4n) is 2.10. The highest BCUT2D eigenvalue weighted by molar-refractivity contribution is 8.00. The van der Waals surface area contributed by atoms with Crippen molar-refractivity contribution in [1.29, 1.82) is 0 Å². The molecule has 27 heavy (non-hydrogen) atoms. The van der Waals surface area contributed by atoms with E-state index in [0.29, 0.717) is 22.5 Å². The lowest BCUT2D eigenvalue weighted by Crippen LogP contribution is -2.17. The van der Waals surface area contributed by atoms with Crippen LogP contribution in [0.4, 0.5) is 5.13 Å². The number of benzene rings is 1. The molecule has 3 aromatic rings. The summed E-state index contributed by atoms with van der Waals surface area (Å²) in [5, 5.41) is 8.76. The predicted octanol–water partition coefficient (Wildman–Crippen LogP) is 4.89. The number of thiazole rings is 1. The quantitative estimate of drug-likeness (QED) is 0.516. The Kier molecular flexibility index (Phi) is 6.89. The third-order valence-electron chi connectivity index (χ3n) is 3.36. The van der Waals surface area contributed by atoms with Crippen molar-refractivity contribution in [3.63, 3.8) is 0 Å². The number of thioether (sulfide) groups is 1. The summed E-state index contributed by atoms with van der Waals surface area (Å²) in [7, 11) is 0. The van der Waals surface area contributed by atoms with Crippen molar-refractivity contribution in [1.82, 2.24) is 10.3 Å². The Morgan fingerprint density at radius 2 is 1.96 bits per heavy atom. The smallest absolute Gasteiger partial charge is 0.236 e. The van der Waals surface area contributed by atoms with E-state index in [-0.39, 0.29) is 11.8 Å². The molecule has 0 spiro atoms. The third-order valence-corrected chi connectivity index (χ3v) is 6.49. The summed E-state index contributed by atoms with van der Waals surface area (Å²) in [6.45, 7) is 2.00. The zero-order valence-corrected chi connectivity index (χ0v) is 17.5. The molecule has 2 N–H and O–H groups in total. The van der Waals surface area contributed by atoms with Crippen LogP contribution < -0.4 is 10.6 Å². The van der Waals surface area contributed by atoms with Gasteiger partial charge in [-0.25, -0.2) is 4.98 Å². The largest absolute Gasteiger partial charge is 0.351 e. The minimum atomic E-state index is -0.103. The number of thiophene rings is 1. The van der Waals surface area contributed by atoms with Crippen LogP contribution in [0, 0.1) is 0 Å². The van der Waals surface area contributed by atoms with E-state index in [0.717, 1.165) is 20.3 Å². The lowest BCUT2D eigenvalue weighted by molar-refractivity contribution is -0.119. The molecule has 9 heteroatoms. The molecule has 0 unspecified atom stereocenters. The molecule has 0 aliphatic rings. The first kappa shape index (κ1) is 19.9. The molecule has 0 aliphatic heterocycles. The fourth-order valence-corrected chi connectivity index (χ4v) is 4.64. The summed E-state index contributed by atoms with van der Waals surface area (Å²) in [6.07, 6.45) is 0. The molecule has 0 radical (unpaired) electrons. The highest BCUT2D eigenvalue weighted by Gasteiger charge is 2.11. The number of hydrogen-bond donors (Lipinski definition) is 2. The van der Waals surface area contributed by atoms with Gasteiger partial charge in [0.15, 0.2) is 5.13 Å². The van der Waals surface area contributed by atoms with Crippen LogP contribution in [0.15, 0.2) is 46.7 Å². The second-order valence-electron chi connectivity index (χ2n) is 5.50. The summed E-state index contributed by atoms with van der Waals surface area (Å²) < 4.78 is 0. The highest BCUT2D eigenvalue weighted by Crippen LogP contribution is 2.31. The summed E-state index contributed by atoms with van der Waals surface area (Å²) in [5.74, 6) is 0.143. The first-order valence-electron chi connectivity index (χ1n) is 7.97. The molecule has 5 nitrogen and oxygen atoms in total. The fraction of sp³-hybridized carbons (Fsp3) is 0.167. The topological polar surface area (TPSA) is 71.1 Å². The maximum Gasteiger partial charge on any atom is 0.236 e. The normalized spacial score (nSPS) is 10.6. The van der Waals surface area contributed by atoms with Crippen LogP contribution in [0.3, 0.4) is 0 Å². The number of anilines is 1. The van der Waals surface area contributed by atoms with Gasteiger partial charge in [0, 0.05) is 27.1 Å². The summed E-state index contributed by atoms with van der Waals surface area (Å²) in [4.78, 5) is 30.6. The number of nitrogens with one attached hydrogen (secondary N) is 2. The SMILES string of the molecule is CC(=O)NCc1ccc(-c2csc(NC(=O)CSc3ccc(Cl)cc3)n2)s1. The minimum Gasteiger partial charge on any atom is -0.351 e. The van der Waals surface area contributed by atoms with Crippen LogP contribution in [-0.2, 0) is 16.1 Å². The second-order valence-corrected chi connectivity index (χ2v) is 9.02. The predicted molar refractivity (Wildman–Crippen MR) is 114 cm³/mol. The lowest BCUT2D eigenvalue weighted by atomic mass is 10.3. The van der Waals surface area contributed by atoms with Crippen LogP contribution in [0.25, 0.3) is 10.6 Å². The second kappa shape index (κ2) is 9.36.